The highest BCUT2D eigenvalue weighted by Crippen LogP contribution is 2.15. The number of rotatable bonds is 35. The summed E-state index contributed by atoms with van der Waals surface area (Å²) >= 11 is 0. The van der Waals surface area contributed by atoms with Crippen molar-refractivity contribution < 1.29 is 25.2 Å². The normalized spacial score (nSPS) is 14.5. The molecule has 0 aromatic heterocycles. The number of unbranched alkanes of at least 4 members (excludes halogenated alkanes) is 24. The molecular weight excluding hydrogens is 562 g/mol. The number of nitrogens with one attached hydrogen (secondary N) is 1. The van der Waals surface area contributed by atoms with Crippen molar-refractivity contribution in [3.05, 3.63) is 12.2 Å². The molecule has 0 radical (unpaired) electrons. The number of carbonyl (C=O) groups excluding carboxylic acids is 1. The van der Waals surface area contributed by atoms with Crippen LogP contribution in [0.2, 0.25) is 0 Å². The van der Waals surface area contributed by atoms with Crippen LogP contribution in [0.15, 0.2) is 12.2 Å². The quantitative estimate of drug-likeness (QED) is 0.0350. The largest absolute Gasteiger partial charge is 0.394 e. The average molecular weight is 640 g/mol. The smallest absolute Gasteiger partial charge is 0.249 e. The molecule has 6 nitrogen and oxygen atoms in total. The van der Waals surface area contributed by atoms with Crippen LogP contribution >= 0.6 is 0 Å². The molecule has 0 aromatic rings. The highest BCUT2D eigenvalue weighted by Gasteiger charge is 2.28. The molecule has 0 bridgehead atoms. The first-order valence-corrected chi connectivity index (χ1v) is 19.6. The van der Waals surface area contributed by atoms with E-state index in [9.17, 15) is 25.2 Å². The maximum atomic E-state index is 12.4. The molecule has 0 saturated heterocycles. The van der Waals surface area contributed by atoms with Gasteiger partial charge in [0, 0.05) is 0 Å². The molecule has 4 unspecified atom stereocenters. The van der Waals surface area contributed by atoms with Crippen LogP contribution in [-0.2, 0) is 4.79 Å². The number of carbonyl (C=O) groups is 1. The Balaban J connectivity index is 3.79. The van der Waals surface area contributed by atoms with Gasteiger partial charge in [-0.1, -0.05) is 174 Å². The van der Waals surface area contributed by atoms with Crippen molar-refractivity contribution in [2.24, 2.45) is 0 Å². The van der Waals surface area contributed by atoms with Crippen LogP contribution in [-0.4, -0.2) is 57.3 Å². The van der Waals surface area contributed by atoms with Crippen molar-refractivity contribution in [2.45, 2.75) is 224 Å². The van der Waals surface area contributed by atoms with Gasteiger partial charge in [-0.25, -0.2) is 0 Å². The van der Waals surface area contributed by atoms with Crippen molar-refractivity contribution in [2.75, 3.05) is 6.61 Å². The molecule has 6 heteroatoms. The highest BCUT2D eigenvalue weighted by molar-refractivity contribution is 5.80. The van der Waals surface area contributed by atoms with E-state index in [-0.39, 0.29) is 0 Å². The van der Waals surface area contributed by atoms with E-state index in [2.05, 4.69) is 31.3 Å². The summed E-state index contributed by atoms with van der Waals surface area (Å²) in [5.41, 5.74) is 0. The lowest BCUT2D eigenvalue weighted by Crippen LogP contribution is -2.53. The second kappa shape index (κ2) is 34.4. The summed E-state index contributed by atoms with van der Waals surface area (Å²) in [5, 5.41) is 43.4. The van der Waals surface area contributed by atoms with Gasteiger partial charge in [0.2, 0.25) is 5.91 Å². The fourth-order valence-electron chi connectivity index (χ4n) is 6.05. The zero-order valence-electron chi connectivity index (χ0n) is 29.9. The van der Waals surface area contributed by atoms with E-state index < -0.39 is 36.9 Å². The number of hydrogen-bond donors (Lipinski definition) is 5. The zero-order chi connectivity index (χ0) is 33.2. The molecule has 0 spiro atoms. The fourth-order valence-corrected chi connectivity index (χ4v) is 6.05. The number of allylic oxidation sites excluding steroid dienone is 2. The maximum Gasteiger partial charge on any atom is 0.249 e. The number of aliphatic hydroxyl groups excluding tert-OH is 4. The lowest BCUT2D eigenvalue weighted by atomic mass is 10.00. The van der Waals surface area contributed by atoms with Gasteiger partial charge in [-0.15, -0.1) is 0 Å². The molecule has 5 N–H and O–H groups in total. The first kappa shape index (κ1) is 44.0. The summed E-state index contributed by atoms with van der Waals surface area (Å²) in [7, 11) is 0. The molecule has 0 saturated carbocycles. The molecule has 1 amide bonds. The molecule has 0 aliphatic carbocycles. The molecule has 4 atom stereocenters. The Morgan fingerprint density at radius 3 is 1.33 bits per heavy atom. The maximum absolute atomic E-state index is 12.4. The molecule has 0 aliphatic rings. The standard InChI is InChI=1S/C39H77NO5/c1-3-5-7-9-11-13-15-17-18-19-20-21-23-25-27-29-31-33-37(43)39(45)40-35(34-41)38(44)36(42)32-30-28-26-24-22-16-14-12-10-8-6-4-2/h24,26,35-38,41-44H,3-23,25,27-34H2,1-2H3,(H,40,45)/b26-24+. The molecule has 0 fully saturated rings. The van der Waals surface area contributed by atoms with Crippen molar-refractivity contribution in [3.8, 4) is 0 Å². The molecule has 268 valence electrons. The van der Waals surface area contributed by atoms with E-state index in [1.54, 1.807) is 0 Å². The highest BCUT2D eigenvalue weighted by atomic mass is 16.3. The van der Waals surface area contributed by atoms with Crippen LogP contribution in [0.3, 0.4) is 0 Å². The Kier molecular flexibility index (Phi) is 33.7. The number of aliphatic hydroxyl groups is 4. The van der Waals surface area contributed by atoms with Crippen LogP contribution < -0.4 is 5.32 Å². The van der Waals surface area contributed by atoms with Gasteiger partial charge < -0.3 is 25.7 Å². The van der Waals surface area contributed by atoms with E-state index in [1.807, 2.05) is 0 Å². The Labute approximate surface area is 279 Å². The predicted octanol–water partition coefficient (Wildman–Crippen LogP) is 9.46. The topological polar surface area (TPSA) is 110 Å². The minimum Gasteiger partial charge on any atom is -0.394 e. The van der Waals surface area contributed by atoms with Gasteiger partial charge in [-0.3, -0.25) is 4.79 Å². The third kappa shape index (κ3) is 29.0. The van der Waals surface area contributed by atoms with E-state index in [1.165, 1.54) is 135 Å². The Hall–Kier alpha value is -0.950. The SMILES string of the molecule is CCCCCCCCC/C=C/CCCC(O)C(O)C(CO)NC(=O)C(O)CCCCCCCCCCCCCCCCCCC. The van der Waals surface area contributed by atoms with Crippen molar-refractivity contribution in [3.63, 3.8) is 0 Å². The van der Waals surface area contributed by atoms with Gasteiger partial charge in [0.1, 0.15) is 12.2 Å². The molecule has 0 heterocycles. The summed E-state index contributed by atoms with van der Waals surface area (Å²) in [6.45, 7) is 4.02. The number of hydrogen-bond acceptors (Lipinski definition) is 5. The van der Waals surface area contributed by atoms with Gasteiger partial charge >= 0.3 is 0 Å². The second-order valence-corrected chi connectivity index (χ2v) is 13.6. The molecule has 0 aromatic carbocycles. The zero-order valence-corrected chi connectivity index (χ0v) is 29.9. The molecule has 45 heavy (non-hydrogen) atoms. The van der Waals surface area contributed by atoms with Gasteiger partial charge in [0.15, 0.2) is 0 Å². The van der Waals surface area contributed by atoms with Gasteiger partial charge in [-0.05, 0) is 38.5 Å². The molecular formula is C39H77NO5. The van der Waals surface area contributed by atoms with Gasteiger partial charge in [0.05, 0.1) is 18.8 Å². The van der Waals surface area contributed by atoms with E-state index in [0.29, 0.717) is 12.8 Å². The minimum absolute atomic E-state index is 0.367. The van der Waals surface area contributed by atoms with Gasteiger partial charge in [-0.2, -0.15) is 0 Å². The Morgan fingerprint density at radius 1 is 0.533 bits per heavy atom. The summed E-state index contributed by atoms with van der Waals surface area (Å²) in [5.74, 6) is -0.593. The monoisotopic (exact) mass is 640 g/mol. The average Bonchev–Trinajstić information content (AvgIpc) is 3.04. The summed E-state index contributed by atoms with van der Waals surface area (Å²) in [4.78, 5) is 12.4. The predicted molar refractivity (Wildman–Crippen MR) is 191 cm³/mol. The van der Waals surface area contributed by atoms with Crippen molar-refractivity contribution >= 4 is 5.91 Å². The third-order valence-corrected chi connectivity index (χ3v) is 9.23. The van der Waals surface area contributed by atoms with E-state index in [4.69, 9.17) is 0 Å². The summed E-state index contributed by atoms with van der Waals surface area (Å²) < 4.78 is 0. The van der Waals surface area contributed by atoms with Crippen LogP contribution in [0.1, 0.15) is 200 Å². The Morgan fingerprint density at radius 2 is 0.911 bits per heavy atom. The lowest BCUT2D eigenvalue weighted by molar-refractivity contribution is -0.132. The van der Waals surface area contributed by atoms with Crippen molar-refractivity contribution in [1.82, 2.24) is 5.32 Å². The van der Waals surface area contributed by atoms with Crippen molar-refractivity contribution in [1.29, 1.82) is 0 Å². The second-order valence-electron chi connectivity index (χ2n) is 13.6. The summed E-state index contributed by atoms with van der Waals surface area (Å²) in [6, 6.07) is -0.995. The third-order valence-electron chi connectivity index (χ3n) is 9.23. The van der Waals surface area contributed by atoms with Gasteiger partial charge in [0.25, 0.3) is 0 Å². The first-order chi connectivity index (χ1) is 22.0. The number of amides is 1. The first-order valence-electron chi connectivity index (χ1n) is 19.6. The summed E-state index contributed by atoms with van der Waals surface area (Å²) in [6.07, 6.45) is 35.2. The van der Waals surface area contributed by atoms with E-state index in [0.717, 1.165) is 38.5 Å². The fraction of sp³-hybridized carbons (Fsp3) is 0.923. The van der Waals surface area contributed by atoms with Crippen LogP contribution in [0, 0.1) is 0 Å². The lowest BCUT2D eigenvalue weighted by Gasteiger charge is -2.27. The molecule has 0 rings (SSSR count). The van der Waals surface area contributed by atoms with Crippen LogP contribution in [0.25, 0.3) is 0 Å². The molecule has 0 aliphatic heterocycles. The Bertz CT molecular complexity index is 643. The minimum atomic E-state index is -1.27. The van der Waals surface area contributed by atoms with Crippen LogP contribution in [0.5, 0.6) is 0 Å². The van der Waals surface area contributed by atoms with E-state index >= 15 is 0 Å². The van der Waals surface area contributed by atoms with Crippen LogP contribution in [0.4, 0.5) is 0 Å².